The highest BCUT2D eigenvalue weighted by Gasteiger charge is 2.41. The third kappa shape index (κ3) is 5.42. The SMILES string of the molecule is CCCN1CC2(CCN(C(=O)CN3CCCN(C)CC3)CC2)OCCC1=O. The lowest BCUT2D eigenvalue weighted by Crippen LogP contribution is -2.54. The van der Waals surface area contributed by atoms with Gasteiger partial charge in [0.05, 0.1) is 25.2 Å². The number of likely N-dealkylation sites (tertiary alicyclic amines) is 1. The molecule has 0 aromatic heterocycles. The Morgan fingerprint density at radius 1 is 1.11 bits per heavy atom. The van der Waals surface area contributed by atoms with Gasteiger partial charge >= 0.3 is 0 Å². The van der Waals surface area contributed by atoms with Crippen molar-refractivity contribution in [3.63, 3.8) is 0 Å². The maximum Gasteiger partial charge on any atom is 0.236 e. The van der Waals surface area contributed by atoms with Gasteiger partial charge in [-0.15, -0.1) is 0 Å². The van der Waals surface area contributed by atoms with Gasteiger partial charge in [0, 0.05) is 39.3 Å². The van der Waals surface area contributed by atoms with Crippen molar-refractivity contribution in [3.05, 3.63) is 0 Å². The molecule has 0 atom stereocenters. The van der Waals surface area contributed by atoms with Gasteiger partial charge in [-0.05, 0) is 45.8 Å². The molecule has 0 aromatic carbocycles. The molecule has 7 heteroatoms. The zero-order valence-electron chi connectivity index (χ0n) is 17.1. The fourth-order valence-corrected chi connectivity index (χ4v) is 4.48. The quantitative estimate of drug-likeness (QED) is 0.717. The topological polar surface area (TPSA) is 56.3 Å². The summed E-state index contributed by atoms with van der Waals surface area (Å²) in [5.74, 6) is 0.447. The average Bonchev–Trinajstić information content (AvgIpc) is 2.94. The van der Waals surface area contributed by atoms with Crippen LogP contribution in [0.1, 0.15) is 39.0 Å². The molecule has 0 N–H and O–H groups in total. The maximum atomic E-state index is 12.8. The summed E-state index contributed by atoms with van der Waals surface area (Å²) in [6.45, 7) is 10.2. The number of likely N-dealkylation sites (N-methyl/N-ethyl adjacent to an activating group) is 1. The van der Waals surface area contributed by atoms with Gasteiger partial charge in [0.15, 0.2) is 0 Å². The number of hydrogen-bond acceptors (Lipinski definition) is 5. The van der Waals surface area contributed by atoms with Gasteiger partial charge in [-0.25, -0.2) is 0 Å². The highest BCUT2D eigenvalue weighted by molar-refractivity contribution is 5.78. The van der Waals surface area contributed by atoms with Crippen LogP contribution in [0.5, 0.6) is 0 Å². The Hall–Kier alpha value is -1.18. The second kappa shape index (κ2) is 9.34. The lowest BCUT2D eigenvalue weighted by molar-refractivity contribution is -0.141. The summed E-state index contributed by atoms with van der Waals surface area (Å²) in [6, 6.07) is 0. The van der Waals surface area contributed by atoms with Crippen molar-refractivity contribution in [1.82, 2.24) is 19.6 Å². The van der Waals surface area contributed by atoms with Gasteiger partial charge in [-0.2, -0.15) is 0 Å². The number of carbonyl (C=O) groups is 2. The number of ether oxygens (including phenoxy) is 1. The molecule has 0 aliphatic carbocycles. The summed E-state index contributed by atoms with van der Waals surface area (Å²) in [4.78, 5) is 33.6. The summed E-state index contributed by atoms with van der Waals surface area (Å²) in [5, 5.41) is 0. The predicted molar refractivity (Wildman–Crippen MR) is 105 cm³/mol. The summed E-state index contributed by atoms with van der Waals surface area (Å²) in [6.07, 6.45) is 4.23. The predicted octanol–water partition coefficient (Wildman–Crippen LogP) is 0.644. The van der Waals surface area contributed by atoms with Crippen LogP contribution in [0.4, 0.5) is 0 Å². The van der Waals surface area contributed by atoms with Crippen molar-refractivity contribution in [2.24, 2.45) is 0 Å². The number of rotatable bonds is 4. The first-order valence-electron chi connectivity index (χ1n) is 10.6. The number of carbonyl (C=O) groups excluding carboxylic acids is 2. The van der Waals surface area contributed by atoms with Crippen LogP contribution in [0.15, 0.2) is 0 Å². The van der Waals surface area contributed by atoms with E-state index in [4.69, 9.17) is 4.74 Å². The van der Waals surface area contributed by atoms with Crippen molar-refractivity contribution in [3.8, 4) is 0 Å². The third-order valence-corrected chi connectivity index (χ3v) is 6.25. The van der Waals surface area contributed by atoms with Gasteiger partial charge in [0.25, 0.3) is 0 Å². The molecular weight excluding hydrogens is 344 g/mol. The van der Waals surface area contributed by atoms with Crippen LogP contribution in [0.25, 0.3) is 0 Å². The Morgan fingerprint density at radius 3 is 2.63 bits per heavy atom. The summed E-state index contributed by atoms with van der Waals surface area (Å²) < 4.78 is 6.17. The van der Waals surface area contributed by atoms with Crippen molar-refractivity contribution in [2.75, 3.05) is 72.6 Å². The molecule has 7 nitrogen and oxygen atoms in total. The first-order chi connectivity index (χ1) is 13.0. The van der Waals surface area contributed by atoms with E-state index in [0.717, 1.165) is 71.5 Å². The molecule has 3 aliphatic heterocycles. The van der Waals surface area contributed by atoms with Crippen molar-refractivity contribution in [1.29, 1.82) is 0 Å². The van der Waals surface area contributed by atoms with E-state index in [2.05, 4.69) is 23.8 Å². The Labute approximate surface area is 163 Å². The van der Waals surface area contributed by atoms with Crippen LogP contribution < -0.4 is 0 Å². The zero-order valence-corrected chi connectivity index (χ0v) is 17.1. The van der Waals surface area contributed by atoms with E-state index in [1.165, 1.54) is 0 Å². The van der Waals surface area contributed by atoms with Crippen LogP contribution >= 0.6 is 0 Å². The molecule has 0 unspecified atom stereocenters. The number of amides is 2. The molecule has 3 fully saturated rings. The van der Waals surface area contributed by atoms with Crippen molar-refractivity contribution >= 4 is 11.8 Å². The molecule has 3 rings (SSSR count). The zero-order chi connectivity index (χ0) is 19.3. The Bertz CT molecular complexity index is 519. The van der Waals surface area contributed by atoms with Crippen LogP contribution in [-0.2, 0) is 14.3 Å². The minimum Gasteiger partial charge on any atom is -0.372 e. The lowest BCUT2D eigenvalue weighted by Gasteiger charge is -2.43. The summed E-state index contributed by atoms with van der Waals surface area (Å²) in [5.41, 5.74) is -0.260. The smallest absolute Gasteiger partial charge is 0.236 e. The molecule has 2 amide bonds. The molecule has 0 bridgehead atoms. The first kappa shape index (κ1) is 20.6. The third-order valence-electron chi connectivity index (χ3n) is 6.25. The largest absolute Gasteiger partial charge is 0.372 e. The minimum atomic E-state index is -0.260. The molecule has 0 saturated carbocycles. The van der Waals surface area contributed by atoms with Crippen LogP contribution in [0.2, 0.25) is 0 Å². The second-order valence-electron chi connectivity index (χ2n) is 8.41. The molecule has 154 valence electrons. The lowest BCUT2D eigenvalue weighted by atomic mass is 9.90. The van der Waals surface area contributed by atoms with E-state index in [0.29, 0.717) is 26.1 Å². The molecule has 3 aliphatic rings. The molecule has 0 radical (unpaired) electrons. The van der Waals surface area contributed by atoms with Crippen molar-refractivity contribution in [2.45, 2.75) is 44.6 Å². The van der Waals surface area contributed by atoms with Crippen molar-refractivity contribution < 1.29 is 14.3 Å². The standard InChI is InChI=1S/C20H36N4O3/c1-3-8-24-17-20(27-15-5-18(24)25)6-11-23(12-7-20)19(26)16-22-10-4-9-21(2)13-14-22/h3-17H2,1-2H3. The summed E-state index contributed by atoms with van der Waals surface area (Å²) in [7, 11) is 2.15. The van der Waals surface area contributed by atoms with Gasteiger partial charge in [-0.1, -0.05) is 6.92 Å². The second-order valence-corrected chi connectivity index (χ2v) is 8.41. The minimum absolute atomic E-state index is 0.207. The van der Waals surface area contributed by atoms with Crippen LogP contribution in [-0.4, -0.2) is 110 Å². The number of piperidine rings is 1. The molecule has 3 saturated heterocycles. The van der Waals surface area contributed by atoms with Gasteiger partial charge in [0.1, 0.15) is 0 Å². The van der Waals surface area contributed by atoms with E-state index in [1.54, 1.807) is 0 Å². The average molecular weight is 381 g/mol. The van der Waals surface area contributed by atoms with Crippen LogP contribution in [0, 0.1) is 0 Å². The molecule has 1 spiro atoms. The molecule has 0 aromatic rings. The van der Waals surface area contributed by atoms with Crippen LogP contribution in [0.3, 0.4) is 0 Å². The number of hydrogen-bond donors (Lipinski definition) is 0. The Morgan fingerprint density at radius 2 is 1.89 bits per heavy atom. The number of nitrogens with zero attached hydrogens (tertiary/aromatic N) is 4. The van der Waals surface area contributed by atoms with E-state index >= 15 is 0 Å². The highest BCUT2D eigenvalue weighted by atomic mass is 16.5. The summed E-state index contributed by atoms with van der Waals surface area (Å²) >= 11 is 0. The Kier molecular flexibility index (Phi) is 7.11. The van der Waals surface area contributed by atoms with Gasteiger partial charge < -0.3 is 19.4 Å². The first-order valence-corrected chi connectivity index (χ1v) is 10.6. The molecular formula is C20H36N4O3. The van der Waals surface area contributed by atoms with E-state index in [-0.39, 0.29) is 17.4 Å². The highest BCUT2D eigenvalue weighted by Crippen LogP contribution is 2.30. The van der Waals surface area contributed by atoms with E-state index < -0.39 is 0 Å². The Balaban J connectivity index is 1.51. The maximum absolute atomic E-state index is 12.8. The fraction of sp³-hybridized carbons (Fsp3) is 0.900. The van der Waals surface area contributed by atoms with Gasteiger partial charge in [0.2, 0.25) is 11.8 Å². The monoisotopic (exact) mass is 380 g/mol. The fourth-order valence-electron chi connectivity index (χ4n) is 4.48. The van der Waals surface area contributed by atoms with Gasteiger partial charge in [-0.3, -0.25) is 14.5 Å². The van der Waals surface area contributed by atoms with E-state index in [1.807, 2.05) is 9.80 Å². The molecule has 27 heavy (non-hydrogen) atoms. The normalized spacial score (nSPS) is 25.5. The van der Waals surface area contributed by atoms with E-state index in [9.17, 15) is 9.59 Å². The molecule has 3 heterocycles.